The summed E-state index contributed by atoms with van der Waals surface area (Å²) in [7, 11) is 0. The zero-order valence-electron chi connectivity index (χ0n) is 7.79. The second kappa shape index (κ2) is 2.69. The minimum absolute atomic E-state index is 0.209. The van der Waals surface area contributed by atoms with E-state index in [9.17, 15) is 0 Å². The molecule has 1 aliphatic heterocycles. The van der Waals surface area contributed by atoms with E-state index in [0.29, 0.717) is 0 Å². The molecule has 2 fully saturated rings. The molecule has 3 aliphatic rings. The Balaban J connectivity index is 1.97. The van der Waals surface area contributed by atoms with Crippen molar-refractivity contribution in [3.05, 3.63) is 23.8 Å². The van der Waals surface area contributed by atoms with E-state index in [1.807, 2.05) is 0 Å². The number of hydrogen-bond acceptors (Lipinski definition) is 1. The minimum atomic E-state index is 0.209. The zero-order valence-corrected chi connectivity index (χ0v) is 7.79. The van der Waals surface area contributed by atoms with Crippen molar-refractivity contribution in [3.8, 4) is 0 Å². The van der Waals surface area contributed by atoms with Gasteiger partial charge in [0.15, 0.2) is 0 Å². The molecule has 0 amide bonds. The predicted octanol–water partition coefficient (Wildman–Crippen LogP) is 1.19. The van der Waals surface area contributed by atoms with Gasteiger partial charge in [0.05, 0.1) is 12.2 Å². The highest BCUT2D eigenvalue weighted by molar-refractivity contribution is 5.34. The van der Waals surface area contributed by atoms with Crippen molar-refractivity contribution < 1.29 is 0 Å². The first kappa shape index (κ1) is 7.77. The Kier molecular flexibility index (Phi) is 1.61. The molecular formula is C11H15N2. The van der Waals surface area contributed by atoms with Gasteiger partial charge in [-0.25, -0.2) is 5.32 Å². The fourth-order valence-corrected chi connectivity index (χ4v) is 2.96. The first-order valence-corrected chi connectivity index (χ1v) is 5.17. The van der Waals surface area contributed by atoms with Crippen LogP contribution in [0.25, 0.3) is 0 Å². The molecule has 1 heterocycles. The van der Waals surface area contributed by atoms with E-state index in [1.165, 1.54) is 19.3 Å². The smallest absolute Gasteiger partial charge is 0.0632 e. The molecule has 1 spiro atoms. The molecule has 13 heavy (non-hydrogen) atoms. The fourth-order valence-electron chi connectivity index (χ4n) is 2.96. The average molecular weight is 175 g/mol. The van der Waals surface area contributed by atoms with Gasteiger partial charge in [-0.3, -0.25) is 5.32 Å². The third-order valence-corrected chi connectivity index (χ3v) is 3.63. The number of rotatable bonds is 0. The van der Waals surface area contributed by atoms with Crippen LogP contribution in [0.15, 0.2) is 23.8 Å². The standard InChI is InChI=1S/C11H15N2/c1-3-9-4-2-6-11(10(9)5-1)7-12-8-13-11/h2,4,6,10,13H,1,3,5,7-8H2. The van der Waals surface area contributed by atoms with E-state index >= 15 is 0 Å². The Hall–Kier alpha value is -0.600. The maximum absolute atomic E-state index is 4.43. The van der Waals surface area contributed by atoms with Gasteiger partial charge in [-0.05, 0) is 19.3 Å². The van der Waals surface area contributed by atoms with E-state index in [4.69, 9.17) is 0 Å². The minimum Gasteiger partial charge on any atom is -0.292 e. The molecule has 2 aliphatic carbocycles. The van der Waals surface area contributed by atoms with Crippen LogP contribution in [0.5, 0.6) is 0 Å². The highest BCUT2D eigenvalue weighted by Crippen LogP contribution is 2.42. The molecule has 69 valence electrons. The molecular weight excluding hydrogens is 160 g/mol. The second-order valence-corrected chi connectivity index (χ2v) is 4.30. The van der Waals surface area contributed by atoms with Gasteiger partial charge in [0.2, 0.25) is 0 Å². The molecule has 2 nitrogen and oxygen atoms in total. The number of hydrogen-bond donors (Lipinski definition) is 1. The van der Waals surface area contributed by atoms with Crippen molar-refractivity contribution in [3.63, 3.8) is 0 Å². The molecule has 1 N–H and O–H groups in total. The maximum Gasteiger partial charge on any atom is 0.0632 e. The summed E-state index contributed by atoms with van der Waals surface area (Å²) in [5.74, 6) is 0.740. The van der Waals surface area contributed by atoms with E-state index in [2.05, 4.69) is 28.9 Å². The Morgan fingerprint density at radius 1 is 1.54 bits per heavy atom. The normalized spacial score (nSPS) is 42.5. The molecule has 2 heteroatoms. The van der Waals surface area contributed by atoms with Crippen LogP contribution >= 0.6 is 0 Å². The number of fused-ring (bicyclic) bond motifs is 2. The first-order chi connectivity index (χ1) is 6.41. The fraction of sp³-hybridized carbons (Fsp3) is 0.636. The third kappa shape index (κ3) is 1.02. The Morgan fingerprint density at radius 2 is 2.54 bits per heavy atom. The second-order valence-electron chi connectivity index (χ2n) is 4.30. The van der Waals surface area contributed by atoms with Gasteiger partial charge in [0.1, 0.15) is 0 Å². The van der Waals surface area contributed by atoms with E-state index in [1.54, 1.807) is 5.57 Å². The lowest BCUT2D eigenvalue weighted by molar-refractivity contribution is 0.359. The molecule has 2 unspecified atom stereocenters. The summed E-state index contributed by atoms with van der Waals surface area (Å²) in [5, 5.41) is 7.98. The summed E-state index contributed by atoms with van der Waals surface area (Å²) in [4.78, 5) is 0. The Bertz CT molecular complexity index is 272. The van der Waals surface area contributed by atoms with Gasteiger partial charge >= 0.3 is 0 Å². The topological polar surface area (TPSA) is 26.1 Å². The molecule has 0 aromatic rings. The van der Waals surface area contributed by atoms with Crippen molar-refractivity contribution in [1.82, 2.24) is 10.6 Å². The number of nitrogens with one attached hydrogen (secondary N) is 1. The van der Waals surface area contributed by atoms with E-state index in [0.717, 1.165) is 19.1 Å². The Morgan fingerprint density at radius 3 is 3.38 bits per heavy atom. The Labute approximate surface area is 79.1 Å². The molecule has 1 saturated heterocycles. The largest absolute Gasteiger partial charge is 0.292 e. The summed E-state index contributed by atoms with van der Waals surface area (Å²) in [6.07, 6.45) is 10.9. The van der Waals surface area contributed by atoms with Gasteiger partial charge in [0, 0.05) is 12.5 Å². The summed E-state index contributed by atoms with van der Waals surface area (Å²) in [6, 6.07) is 0. The number of nitrogens with zero attached hydrogens (tertiary/aromatic N) is 1. The van der Waals surface area contributed by atoms with Crippen LogP contribution in [0.2, 0.25) is 0 Å². The molecule has 3 rings (SSSR count). The lowest BCUT2D eigenvalue weighted by Crippen LogP contribution is -2.48. The third-order valence-electron chi connectivity index (χ3n) is 3.63. The summed E-state index contributed by atoms with van der Waals surface area (Å²) >= 11 is 0. The van der Waals surface area contributed by atoms with Crippen molar-refractivity contribution in [2.24, 2.45) is 5.92 Å². The molecule has 2 atom stereocenters. The van der Waals surface area contributed by atoms with Crippen LogP contribution in [0.3, 0.4) is 0 Å². The number of allylic oxidation sites excluding steroid dienone is 2. The quantitative estimate of drug-likeness (QED) is 0.588. The first-order valence-electron chi connectivity index (χ1n) is 5.17. The molecule has 1 radical (unpaired) electrons. The SMILES string of the molecule is C1=CC2(C[N]CN2)C2CCCC2=C1. The van der Waals surface area contributed by atoms with Crippen molar-refractivity contribution in [1.29, 1.82) is 0 Å². The molecule has 0 aromatic heterocycles. The molecule has 0 bridgehead atoms. The lowest BCUT2D eigenvalue weighted by atomic mass is 9.78. The maximum atomic E-state index is 4.43. The highest BCUT2D eigenvalue weighted by atomic mass is 15.2. The molecule has 1 saturated carbocycles. The zero-order chi connectivity index (χ0) is 8.73. The van der Waals surface area contributed by atoms with Crippen LogP contribution in [0, 0.1) is 5.92 Å². The van der Waals surface area contributed by atoms with Crippen LogP contribution in [-0.4, -0.2) is 18.8 Å². The summed E-state index contributed by atoms with van der Waals surface area (Å²) in [6.45, 7) is 1.82. The van der Waals surface area contributed by atoms with Gasteiger partial charge in [0.25, 0.3) is 0 Å². The van der Waals surface area contributed by atoms with E-state index in [-0.39, 0.29) is 5.54 Å². The average Bonchev–Trinajstić information content (AvgIpc) is 2.74. The lowest BCUT2D eigenvalue weighted by Gasteiger charge is -2.34. The van der Waals surface area contributed by atoms with Crippen LogP contribution in [-0.2, 0) is 0 Å². The molecule has 0 aromatic carbocycles. The van der Waals surface area contributed by atoms with Crippen molar-refractivity contribution >= 4 is 0 Å². The van der Waals surface area contributed by atoms with Gasteiger partial charge < -0.3 is 0 Å². The predicted molar refractivity (Wildman–Crippen MR) is 52.3 cm³/mol. The van der Waals surface area contributed by atoms with E-state index < -0.39 is 0 Å². The summed E-state index contributed by atoms with van der Waals surface area (Å²) in [5.41, 5.74) is 1.85. The van der Waals surface area contributed by atoms with Crippen LogP contribution in [0.4, 0.5) is 0 Å². The van der Waals surface area contributed by atoms with Gasteiger partial charge in [-0.2, -0.15) is 0 Å². The van der Waals surface area contributed by atoms with Gasteiger partial charge in [-0.15, -0.1) is 0 Å². The van der Waals surface area contributed by atoms with Crippen LogP contribution in [0.1, 0.15) is 19.3 Å². The van der Waals surface area contributed by atoms with Gasteiger partial charge in [-0.1, -0.05) is 23.8 Å². The van der Waals surface area contributed by atoms with Crippen molar-refractivity contribution in [2.75, 3.05) is 13.2 Å². The summed E-state index contributed by atoms with van der Waals surface area (Å²) < 4.78 is 0. The van der Waals surface area contributed by atoms with Crippen molar-refractivity contribution in [2.45, 2.75) is 24.8 Å². The van der Waals surface area contributed by atoms with Crippen LogP contribution < -0.4 is 10.6 Å². The monoisotopic (exact) mass is 175 g/mol. The highest BCUT2D eigenvalue weighted by Gasteiger charge is 2.43.